The predicted molar refractivity (Wildman–Crippen MR) is 99.6 cm³/mol. The van der Waals surface area contributed by atoms with E-state index in [-0.39, 0.29) is 5.41 Å². The first-order valence-corrected chi connectivity index (χ1v) is 9.77. The summed E-state index contributed by atoms with van der Waals surface area (Å²) in [6.45, 7) is 5.46. The molecule has 0 N–H and O–H groups in total. The Hall–Kier alpha value is -1.35. The molecule has 0 atom stereocenters. The number of hydrogen-bond acceptors (Lipinski definition) is 2. The van der Waals surface area contributed by atoms with Gasteiger partial charge >= 0.3 is 0 Å². The maximum atomic E-state index is 6.12. The highest BCUT2D eigenvalue weighted by Gasteiger charge is 2.41. The van der Waals surface area contributed by atoms with Crippen LogP contribution < -0.4 is 0 Å². The summed E-state index contributed by atoms with van der Waals surface area (Å²) in [6.07, 6.45) is 9.46. The average Bonchev–Trinajstić information content (AvgIpc) is 3.23. The second-order valence-electron chi connectivity index (χ2n) is 6.95. The minimum absolute atomic E-state index is 0.0111. The van der Waals surface area contributed by atoms with Crippen molar-refractivity contribution in [2.45, 2.75) is 77.2 Å². The van der Waals surface area contributed by atoms with E-state index in [1.807, 2.05) is 12.1 Å². The van der Waals surface area contributed by atoms with Crippen molar-refractivity contribution in [2.75, 3.05) is 0 Å². The third-order valence-electron chi connectivity index (χ3n) is 5.41. The highest BCUT2D eigenvalue weighted by molar-refractivity contribution is 6.30. The summed E-state index contributed by atoms with van der Waals surface area (Å²) in [5, 5.41) is 10.0. The molecule has 1 saturated carbocycles. The van der Waals surface area contributed by atoms with Crippen molar-refractivity contribution in [3.63, 3.8) is 0 Å². The summed E-state index contributed by atoms with van der Waals surface area (Å²) in [6, 6.07) is 8.39. The normalized spacial score (nSPS) is 16.6. The topological polar surface area (TPSA) is 30.7 Å². The molecule has 0 spiro atoms. The van der Waals surface area contributed by atoms with Crippen LogP contribution in [-0.4, -0.2) is 14.8 Å². The first-order chi connectivity index (χ1) is 11.7. The van der Waals surface area contributed by atoms with Crippen molar-refractivity contribution >= 4 is 11.6 Å². The zero-order valence-corrected chi connectivity index (χ0v) is 15.6. The van der Waals surface area contributed by atoms with Gasteiger partial charge in [-0.2, -0.15) is 0 Å². The van der Waals surface area contributed by atoms with Crippen LogP contribution in [-0.2, 0) is 18.4 Å². The van der Waals surface area contributed by atoms with E-state index in [9.17, 15) is 0 Å². The smallest absolute Gasteiger partial charge is 0.143 e. The van der Waals surface area contributed by atoms with E-state index in [2.05, 4.69) is 35.6 Å². The van der Waals surface area contributed by atoms with Gasteiger partial charge in [-0.15, -0.1) is 10.2 Å². The fourth-order valence-electron chi connectivity index (χ4n) is 4.09. The Bertz CT molecular complexity index is 654. The lowest BCUT2D eigenvalue weighted by Crippen LogP contribution is -2.29. The fourth-order valence-corrected chi connectivity index (χ4v) is 4.22. The molecule has 1 aromatic carbocycles. The molecule has 3 nitrogen and oxygen atoms in total. The van der Waals surface area contributed by atoms with E-state index in [0.717, 1.165) is 36.7 Å². The van der Waals surface area contributed by atoms with E-state index < -0.39 is 0 Å². The highest BCUT2D eigenvalue weighted by Crippen LogP contribution is 2.46. The van der Waals surface area contributed by atoms with E-state index >= 15 is 0 Å². The minimum Gasteiger partial charge on any atom is -0.314 e. The Labute approximate surface area is 150 Å². The molecule has 0 aliphatic heterocycles. The molecule has 1 aromatic heterocycles. The SMILES string of the molecule is CCCCCn1c(CC)nnc1C1(c2ccc(Cl)cc2)CCCC1. The molecule has 0 amide bonds. The van der Waals surface area contributed by atoms with Crippen LogP contribution in [0.3, 0.4) is 0 Å². The van der Waals surface area contributed by atoms with Gasteiger partial charge < -0.3 is 4.57 Å². The zero-order chi connectivity index (χ0) is 17.0. The lowest BCUT2D eigenvalue weighted by Gasteiger charge is -2.29. The van der Waals surface area contributed by atoms with Gasteiger partial charge in [0.2, 0.25) is 0 Å². The number of halogens is 1. The van der Waals surface area contributed by atoms with Gasteiger partial charge in [0.25, 0.3) is 0 Å². The number of benzene rings is 1. The Morgan fingerprint density at radius 1 is 1.04 bits per heavy atom. The second kappa shape index (κ2) is 7.69. The molecule has 0 unspecified atom stereocenters. The van der Waals surface area contributed by atoms with Crippen molar-refractivity contribution < 1.29 is 0 Å². The number of hydrogen-bond donors (Lipinski definition) is 0. The van der Waals surface area contributed by atoms with Gasteiger partial charge in [-0.1, -0.05) is 63.3 Å². The van der Waals surface area contributed by atoms with Crippen molar-refractivity contribution in [3.8, 4) is 0 Å². The number of rotatable bonds is 7. The molecule has 1 fully saturated rings. The number of aryl methyl sites for hydroxylation is 1. The van der Waals surface area contributed by atoms with Crippen molar-refractivity contribution in [1.29, 1.82) is 0 Å². The van der Waals surface area contributed by atoms with Crippen LogP contribution in [0, 0.1) is 0 Å². The largest absolute Gasteiger partial charge is 0.314 e. The standard InChI is InChI=1S/C20H28ClN3/c1-3-5-8-15-24-18(4-2)22-23-19(24)20(13-6-7-14-20)16-9-11-17(21)12-10-16/h9-12H,3-8,13-15H2,1-2H3. The molecule has 2 aromatic rings. The Morgan fingerprint density at radius 3 is 2.38 bits per heavy atom. The van der Waals surface area contributed by atoms with Gasteiger partial charge in [-0.05, 0) is 37.0 Å². The first kappa shape index (κ1) is 17.5. The van der Waals surface area contributed by atoms with E-state index in [1.54, 1.807) is 0 Å². The molecular weight excluding hydrogens is 318 g/mol. The van der Waals surface area contributed by atoms with Gasteiger partial charge in [0.1, 0.15) is 11.6 Å². The van der Waals surface area contributed by atoms with Crippen LogP contribution in [0.2, 0.25) is 5.02 Å². The Kier molecular flexibility index (Phi) is 5.60. The molecule has 1 heterocycles. The predicted octanol–water partition coefficient (Wildman–Crippen LogP) is 5.54. The lowest BCUT2D eigenvalue weighted by molar-refractivity contribution is 0.450. The van der Waals surface area contributed by atoms with Crippen LogP contribution in [0.25, 0.3) is 0 Å². The molecule has 3 rings (SSSR count). The molecule has 24 heavy (non-hydrogen) atoms. The van der Waals surface area contributed by atoms with Gasteiger partial charge in [-0.3, -0.25) is 0 Å². The summed E-state index contributed by atoms with van der Waals surface area (Å²) in [4.78, 5) is 0. The minimum atomic E-state index is 0.0111. The van der Waals surface area contributed by atoms with Gasteiger partial charge in [-0.25, -0.2) is 0 Å². The van der Waals surface area contributed by atoms with Crippen molar-refractivity contribution in [3.05, 3.63) is 46.5 Å². The lowest BCUT2D eigenvalue weighted by atomic mass is 9.78. The van der Waals surface area contributed by atoms with Gasteiger partial charge in [0.15, 0.2) is 0 Å². The molecule has 1 aliphatic carbocycles. The van der Waals surface area contributed by atoms with Crippen LogP contribution in [0.1, 0.15) is 76.0 Å². The van der Waals surface area contributed by atoms with Crippen molar-refractivity contribution in [2.24, 2.45) is 0 Å². The van der Waals surface area contributed by atoms with E-state index in [0.29, 0.717) is 0 Å². The monoisotopic (exact) mass is 345 g/mol. The van der Waals surface area contributed by atoms with Crippen LogP contribution >= 0.6 is 11.6 Å². The number of nitrogens with zero attached hydrogens (tertiary/aromatic N) is 3. The molecule has 4 heteroatoms. The molecule has 130 valence electrons. The second-order valence-corrected chi connectivity index (χ2v) is 7.38. The summed E-state index contributed by atoms with van der Waals surface area (Å²) in [5.74, 6) is 2.30. The van der Waals surface area contributed by atoms with E-state index in [4.69, 9.17) is 16.7 Å². The van der Waals surface area contributed by atoms with Crippen LogP contribution in [0.15, 0.2) is 24.3 Å². The molecular formula is C20H28ClN3. The Balaban J connectivity index is 2.02. The highest BCUT2D eigenvalue weighted by atomic mass is 35.5. The first-order valence-electron chi connectivity index (χ1n) is 9.40. The summed E-state index contributed by atoms with van der Waals surface area (Å²) in [5.41, 5.74) is 1.35. The molecule has 0 bridgehead atoms. The maximum Gasteiger partial charge on any atom is 0.143 e. The molecule has 1 aliphatic rings. The number of unbranched alkanes of at least 4 members (excludes halogenated alkanes) is 2. The van der Waals surface area contributed by atoms with Gasteiger partial charge in [0.05, 0.1) is 5.41 Å². The Morgan fingerprint density at radius 2 is 1.75 bits per heavy atom. The van der Waals surface area contributed by atoms with Crippen LogP contribution in [0.5, 0.6) is 0 Å². The van der Waals surface area contributed by atoms with Gasteiger partial charge in [0, 0.05) is 18.0 Å². The maximum absolute atomic E-state index is 6.12. The number of aromatic nitrogens is 3. The quantitative estimate of drug-likeness (QED) is 0.616. The average molecular weight is 346 g/mol. The van der Waals surface area contributed by atoms with Crippen molar-refractivity contribution in [1.82, 2.24) is 14.8 Å². The molecule has 0 saturated heterocycles. The molecule has 0 radical (unpaired) electrons. The summed E-state index contributed by atoms with van der Waals surface area (Å²) >= 11 is 6.12. The fraction of sp³-hybridized carbons (Fsp3) is 0.600. The third kappa shape index (κ3) is 3.23. The zero-order valence-electron chi connectivity index (χ0n) is 14.9. The van der Waals surface area contributed by atoms with Crippen LogP contribution in [0.4, 0.5) is 0 Å². The third-order valence-corrected chi connectivity index (χ3v) is 5.66. The summed E-state index contributed by atoms with van der Waals surface area (Å²) < 4.78 is 2.41. The summed E-state index contributed by atoms with van der Waals surface area (Å²) in [7, 11) is 0. The van der Waals surface area contributed by atoms with E-state index in [1.165, 1.54) is 43.5 Å².